The number of hydrogen-bond donors (Lipinski definition) is 2. The number of hydrogen-bond acceptors (Lipinski definition) is 4. The molecule has 4 heteroatoms. The van der Waals surface area contributed by atoms with Crippen LogP contribution >= 0.6 is 0 Å². The number of nitrogens with one attached hydrogen (secondary N) is 2. The van der Waals surface area contributed by atoms with Gasteiger partial charge >= 0.3 is 0 Å². The van der Waals surface area contributed by atoms with Crippen molar-refractivity contribution in [2.24, 2.45) is 0 Å². The van der Waals surface area contributed by atoms with Gasteiger partial charge in [-0.3, -0.25) is 0 Å². The summed E-state index contributed by atoms with van der Waals surface area (Å²) in [6.45, 7) is 3.30. The SMILES string of the molecule is CC1CC(Nc2cccnn2)CCN1. The molecule has 4 nitrogen and oxygen atoms in total. The number of piperidine rings is 1. The van der Waals surface area contributed by atoms with Gasteiger partial charge in [-0.1, -0.05) is 0 Å². The number of aromatic nitrogens is 2. The van der Waals surface area contributed by atoms with Crippen LogP contribution in [0.25, 0.3) is 0 Å². The molecule has 0 aliphatic carbocycles. The third-order valence-electron chi connectivity index (χ3n) is 2.55. The Morgan fingerprint density at radius 3 is 3.21 bits per heavy atom. The molecule has 2 unspecified atom stereocenters. The molecule has 1 aliphatic heterocycles. The molecule has 1 aromatic rings. The van der Waals surface area contributed by atoms with Crippen molar-refractivity contribution in [3.8, 4) is 0 Å². The second-order valence-corrected chi connectivity index (χ2v) is 3.83. The van der Waals surface area contributed by atoms with E-state index in [-0.39, 0.29) is 0 Å². The maximum Gasteiger partial charge on any atom is 0.148 e. The summed E-state index contributed by atoms with van der Waals surface area (Å²) in [4.78, 5) is 0. The number of rotatable bonds is 2. The van der Waals surface area contributed by atoms with Gasteiger partial charge < -0.3 is 10.6 Å². The van der Waals surface area contributed by atoms with Gasteiger partial charge in [0.05, 0.1) is 0 Å². The van der Waals surface area contributed by atoms with Gasteiger partial charge in [-0.15, -0.1) is 5.10 Å². The smallest absolute Gasteiger partial charge is 0.148 e. The molecular weight excluding hydrogens is 176 g/mol. The Labute approximate surface area is 84.1 Å². The fourth-order valence-electron chi connectivity index (χ4n) is 1.85. The fraction of sp³-hybridized carbons (Fsp3) is 0.600. The predicted molar refractivity (Wildman–Crippen MR) is 56.1 cm³/mol. The number of anilines is 1. The molecule has 2 atom stereocenters. The van der Waals surface area contributed by atoms with Crippen LogP contribution in [-0.4, -0.2) is 28.8 Å². The van der Waals surface area contributed by atoms with Crippen LogP contribution in [0.2, 0.25) is 0 Å². The molecule has 14 heavy (non-hydrogen) atoms. The van der Waals surface area contributed by atoms with Crippen LogP contribution < -0.4 is 10.6 Å². The van der Waals surface area contributed by atoms with Crippen LogP contribution in [-0.2, 0) is 0 Å². The summed E-state index contributed by atoms with van der Waals surface area (Å²) in [5, 5.41) is 14.7. The zero-order valence-corrected chi connectivity index (χ0v) is 8.40. The summed E-state index contributed by atoms with van der Waals surface area (Å²) in [5.41, 5.74) is 0. The van der Waals surface area contributed by atoms with Crippen molar-refractivity contribution in [1.82, 2.24) is 15.5 Å². The molecule has 0 saturated carbocycles. The van der Waals surface area contributed by atoms with Gasteiger partial charge in [0.1, 0.15) is 5.82 Å². The molecule has 1 aliphatic rings. The van der Waals surface area contributed by atoms with Crippen LogP contribution in [0.3, 0.4) is 0 Å². The molecule has 1 fully saturated rings. The molecule has 76 valence electrons. The zero-order chi connectivity index (χ0) is 9.80. The lowest BCUT2D eigenvalue weighted by Crippen LogP contribution is -2.41. The minimum absolute atomic E-state index is 0.531. The van der Waals surface area contributed by atoms with E-state index in [4.69, 9.17) is 0 Å². The maximum atomic E-state index is 4.02. The molecule has 2 N–H and O–H groups in total. The summed E-state index contributed by atoms with van der Waals surface area (Å²) >= 11 is 0. The first-order chi connectivity index (χ1) is 6.84. The fourth-order valence-corrected chi connectivity index (χ4v) is 1.85. The zero-order valence-electron chi connectivity index (χ0n) is 8.40. The summed E-state index contributed by atoms with van der Waals surface area (Å²) < 4.78 is 0. The van der Waals surface area contributed by atoms with Crippen LogP contribution in [0.5, 0.6) is 0 Å². The first-order valence-corrected chi connectivity index (χ1v) is 5.12. The topological polar surface area (TPSA) is 49.8 Å². The molecule has 2 heterocycles. The highest BCUT2D eigenvalue weighted by Crippen LogP contribution is 2.12. The standard InChI is InChI=1S/C10H16N4/c1-8-7-9(4-6-11-8)13-10-3-2-5-12-14-10/h2-3,5,8-9,11H,4,6-7H2,1H3,(H,13,14). The third-order valence-corrected chi connectivity index (χ3v) is 2.55. The van der Waals surface area contributed by atoms with E-state index < -0.39 is 0 Å². The van der Waals surface area contributed by atoms with E-state index in [0.29, 0.717) is 12.1 Å². The van der Waals surface area contributed by atoms with E-state index in [1.165, 1.54) is 0 Å². The highest BCUT2D eigenvalue weighted by atomic mass is 15.2. The quantitative estimate of drug-likeness (QED) is 0.734. The van der Waals surface area contributed by atoms with Crippen molar-refractivity contribution in [1.29, 1.82) is 0 Å². The Balaban J connectivity index is 1.91. The van der Waals surface area contributed by atoms with Crippen molar-refractivity contribution >= 4 is 5.82 Å². The normalized spacial score (nSPS) is 27.2. The van der Waals surface area contributed by atoms with Gasteiger partial charge in [-0.05, 0) is 38.4 Å². The van der Waals surface area contributed by atoms with E-state index in [0.717, 1.165) is 25.2 Å². The second kappa shape index (κ2) is 4.37. The van der Waals surface area contributed by atoms with Crippen molar-refractivity contribution < 1.29 is 0 Å². The van der Waals surface area contributed by atoms with Gasteiger partial charge in [-0.25, -0.2) is 0 Å². The minimum Gasteiger partial charge on any atom is -0.366 e. The maximum absolute atomic E-state index is 4.02. The first-order valence-electron chi connectivity index (χ1n) is 5.12. The van der Waals surface area contributed by atoms with Crippen LogP contribution in [0.15, 0.2) is 18.3 Å². The highest BCUT2D eigenvalue weighted by Gasteiger charge is 2.17. The average molecular weight is 192 g/mol. The molecule has 0 radical (unpaired) electrons. The average Bonchev–Trinajstić information content (AvgIpc) is 2.19. The molecule has 1 saturated heterocycles. The monoisotopic (exact) mass is 192 g/mol. The predicted octanol–water partition coefficient (Wildman–Crippen LogP) is 1.03. The van der Waals surface area contributed by atoms with E-state index in [1.807, 2.05) is 12.1 Å². The lowest BCUT2D eigenvalue weighted by molar-refractivity contribution is 0.395. The van der Waals surface area contributed by atoms with Gasteiger partial charge in [0.2, 0.25) is 0 Å². The minimum atomic E-state index is 0.531. The lowest BCUT2D eigenvalue weighted by Gasteiger charge is -2.28. The number of nitrogens with zero attached hydrogens (tertiary/aromatic N) is 2. The Morgan fingerprint density at radius 2 is 2.50 bits per heavy atom. The molecule has 0 amide bonds. The van der Waals surface area contributed by atoms with Crippen molar-refractivity contribution in [2.75, 3.05) is 11.9 Å². The van der Waals surface area contributed by atoms with Gasteiger partial charge in [0.15, 0.2) is 0 Å². The van der Waals surface area contributed by atoms with Crippen molar-refractivity contribution in [3.05, 3.63) is 18.3 Å². The van der Waals surface area contributed by atoms with E-state index in [1.54, 1.807) is 6.20 Å². The summed E-state index contributed by atoms with van der Waals surface area (Å²) in [6.07, 6.45) is 3.99. The Hall–Kier alpha value is -1.16. The van der Waals surface area contributed by atoms with Crippen LogP contribution in [0.1, 0.15) is 19.8 Å². The molecular formula is C10H16N4. The molecule has 2 rings (SSSR count). The van der Waals surface area contributed by atoms with Crippen molar-refractivity contribution in [3.63, 3.8) is 0 Å². The molecule has 0 bridgehead atoms. The van der Waals surface area contributed by atoms with Crippen LogP contribution in [0.4, 0.5) is 5.82 Å². The Kier molecular flexibility index (Phi) is 2.93. The summed E-state index contributed by atoms with van der Waals surface area (Å²) in [7, 11) is 0. The van der Waals surface area contributed by atoms with Gasteiger partial charge in [0, 0.05) is 18.3 Å². The molecule has 0 spiro atoms. The first kappa shape index (κ1) is 9.40. The summed E-state index contributed by atoms with van der Waals surface area (Å²) in [6, 6.07) is 4.99. The van der Waals surface area contributed by atoms with Gasteiger partial charge in [0.25, 0.3) is 0 Å². The van der Waals surface area contributed by atoms with Gasteiger partial charge in [-0.2, -0.15) is 5.10 Å². The molecule has 0 aromatic carbocycles. The van der Waals surface area contributed by atoms with E-state index in [9.17, 15) is 0 Å². The third kappa shape index (κ3) is 2.42. The Bertz CT molecular complexity index is 275. The summed E-state index contributed by atoms with van der Waals surface area (Å²) in [5.74, 6) is 0.881. The van der Waals surface area contributed by atoms with Crippen molar-refractivity contribution in [2.45, 2.75) is 31.8 Å². The highest BCUT2D eigenvalue weighted by molar-refractivity contribution is 5.33. The molecule has 1 aromatic heterocycles. The van der Waals surface area contributed by atoms with E-state index in [2.05, 4.69) is 27.8 Å². The largest absolute Gasteiger partial charge is 0.366 e. The Morgan fingerprint density at radius 1 is 1.57 bits per heavy atom. The second-order valence-electron chi connectivity index (χ2n) is 3.83. The van der Waals surface area contributed by atoms with E-state index >= 15 is 0 Å². The lowest BCUT2D eigenvalue weighted by atomic mass is 10.0. The van der Waals surface area contributed by atoms with Crippen LogP contribution in [0, 0.1) is 0 Å².